The quantitative estimate of drug-likeness (QED) is 0.528. The largest absolute Gasteiger partial charge is 0.465 e. The van der Waals surface area contributed by atoms with Crippen molar-refractivity contribution in [3.05, 3.63) is 0 Å². The van der Waals surface area contributed by atoms with Crippen LogP contribution in [0.3, 0.4) is 0 Å². The second-order valence-corrected chi connectivity index (χ2v) is 9.75. The SMILES string of the molecule is CCOC(=O)C(C(=O)OCC)C(=O)C12CC3C4CC5CC3C(C1)C(C5)C4C2. The highest BCUT2D eigenvalue weighted by Crippen LogP contribution is 2.74. The first-order valence-corrected chi connectivity index (χ1v) is 10.9. The molecule has 0 aromatic carbocycles. The number of carbonyl (C=O) groups excluding carboxylic acids is 3. The van der Waals surface area contributed by atoms with E-state index in [0.717, 1.165) is 42.9 Å². The Morgan fingerprint density at radius 1 is 0.778 bits per heavy atom. The number of rotatable bonds is 6. The van der Waals surface area contributed by atoms with Crippen LogP contribution >= 0.6 is 0 Å². The highest BCUT2D eigenvalue weighted by molar-refractivity contribution is 6.16. The van der Waals surface area contributed by atoms with E-state index in [4.69, 9.17) is 9.47 Å². The Balaban J connectivity index is 1.46. The first-order chi connectivity index (χ1) is 13.0. The molecule has 0 heterocycles. The third-order valence-electron chi connectivity index (χ3n) is 8.82. The van der Waals surface area contributed by atoms with Gasteiger partial charge in [0.2, 0.25) is 5.92 Å². The summed E-state index contributed by atoms with van der Waals surface area (Å²) in [6.07, 6.45) is 6.67. The predicted octanol–water partition coefficient (Wildman–Crippen LogP) is 3.01. The van der Waals surface area contributed by atoms with E-state index in [2.05, 4.69) is 0 Å². The Labute approximate surface area is 160 Å². The van der Waals surface area contributed by atoms with Crippen LogP contribution in [0.15, 0.2) is 0 Å². The molecule has 7 aliphatic rings. The van der Waals surface area contributed by atoms with Crippen LogP contribution in [0.4, 0.5) is 0 Å². The number of ketones is 1. The van der Waals surface area contributed by atoms with Crippen molar-refractivity contribution < 1.29 is 23.9 Å². The summed E-state index contributed by atoms with van der Waals surface area (Å²) >= 11 is 0. The highest BCUT2D eigenvalue weighted by Gasteiger charge is 2.69. The van der Waals surface area contributed by atoms with Crippen molar-refractivity contribution in [1.82, 2.24) is 0 Å². The van der Waals surface area contributed by atoms with Gasteiger partial charge in [0.1, 0.15) is 0 Å². The van der Waals surface area contributed by atoms with Crippen LogP contribution in [0.2, 0.25) is 0 Å². The molecule has 0 amide bonds. The number of carbonyl (C=O) groups is 3. The van der Waals surface area contributed by atoms with E-state index >= 15 is 0 Å². The lowest BCUT2D eigenvalue weighted by Gasteiger charge is -2.72. The molecule has 27 heavy (non-hydrogen) atoms. The minimum atomic E-state index is -1.39. The molecule has 7 saturated carbocycles. The Kier molecular flexibility index (Phi) is 3.97. The van der Waals surface area contributed by atoms with Crippen molar-refractivity contribution in [3.8, 4) is 0 Å². The number of hydrogen-bond acceptors (Lipinski definition) is 5. The Hall–Kier alpha value is -1.39. The van der Waals surface area contributed by atoms with Gasteiger partial charge in [-0.1, -0.05) is 0 Å². The van der Waals surface area contributed by atoms with Crippen LogP contribution in [0.25, 0.3) is 0 Å². The molecular formula is C22H30O5. The van der Waals surface area contributed by atoms with Gasteiger partial charge in [-0.2, -0.15) is 0 Å². The molecule has 0 radical (unpaired) electrons. The lowest BCUT2D eigenvalue weighted by Crippen LogP contribution is -2.67. The predicted molar refractivity (Wildman–Crippen MR) is 96.3 cm³/mol. The van der Waals surface area contributed by atoms with E-state index in [-0.39, 0.29) is 19.0 Å². The number of Topliss-reactive ketones (excluding diaryl/α,β-unsaturated/α-hetero) is 1. The van der Waals surface area contributed by atoms with E-state index in [1.165, 1.54) is 19.3 Å². The summed E-state index contributed by atoms with van der Waals surface area (Å²) in [7, 11) is 0. The zero-order valence-corrected chi connectivity index (χ0v) is 16.3. The van der Waals surface area contributed by atoms with Crippen molar-refractivity contribution >= 4 is 17.7 Å². The van der Waals surface area contributed by atoms with E-state index in [9.17, 15) is 14.4 Å². The average molecular weight is 374 g/mol. The fourth-order valence-corrected chi connectivity index (χ4v) is 8.28. The molecule has 0 aromatic heterocycles. The Bertz CT molecular complexity index is 604. The summed E-state index contributed by atoms with van der Waals surface area (Å²) < 4.78 is 10.2. The Morgan fingerprint density at radius 2 is 1.19 bits per heavy atom. The smallest absolute Gasteiger partial charge is 0.328 e. The van der Waals surface area contributed by atoms with Crippen LogP contribution in [-0.4, -0.2) is 30.9 Å². The van der Waals surface area contributed by atoms with Crippen molar-refractivity contribution in [2.75, 3.05) is 13.2 Å². The first kappa shape index (κ1) is 17.7. The molecule has 7 rings (SSSR count). The fourth-order valence-electron chi connectivity index (χ4n) is 8.28. The second kappa shape index (κ2) is 6.05. The zero-order chi connectivity index (χ0) is 18.9. The van der Waals surface area contributed by atoms with Gasteiger partial charge in [-0.15, -0.1) is 0 Å². The van der Waals surface area contributed by atoms with Crippen LogP contribution in [-0.2, 0) is 23.9 Å². The molecule has 5 nitrogen and oxygen atoms in total. The minimum Gasteiger partial charge on any atom is -0.465 e. The molecule has 0 saturated heterocycles. The number of ether oxygens (including phenoxy) is 2. The minimum absolute atomic E-state index is 0.163. The molecule has 8 bridgehead atoms. The summed E-state index contributed by atoms with van der Waals surface area (Å²) in [5, 5.41) is 0. The van der Waals surface area contributed by atoms with Crippen molar-refractivity contribution in [1.29, 1.82) is 0 Å². The molecule has 0 N–H and O–H groups in total. The van der Waals surface area contributed by atoms with E-state index in [1.54, 1.807) is 13.8 Å². The van der Waals surface area contributed by atoms with Crippen LogP contribution in [0.5, 0.6) is 0 Å². The third kappa shape index (κ3) is 2.32. The maximum Gasteiger partial charge on any atom is 0.328 e. The topological polar surface area (TPSA) is 69.7 Å². The third-order valence-corrected chi connectivity index (χ3v) is 8.82. The molecule has 148 valence electrons. The van der Waals surface area contributed by atoms with E-state index in [1.807, 2.05) is 0 Å². The number of hydrogen-bond donors (Lipinski definition) is 0. The average Bonchev–Trinajstić information content (AvgIpc) is 2.66. The molecule has 0 unspecified atom stereocenters. The standard InChI is InChI=1S/C22H30O5/c1-3-26-20(24)18(21(25)27-4-2)19(23)22-8-15-12-5-11-6-13(15)17(10-22)14(7-11)16(12)9-22/h11-18H,3-10H2,1-2H3. The van der Waals surface area contributed by atoms with Gasteiger partial charge in [0.15, 0.2) is 5.78 Å². The summed E-state index contributed by atoms with van der Waals surface area (Å²) in [4.78, 5) is 38.7. The summed E-state index contributed by atoms with van der Waals surface area (Å²) in [5.41, 5.74) is -0.502. The summed E-state index contributed by atoms with van der Waals surface area (Å²) in [6.45, 7) is 3.72. The van der Waals surface area contributed by atoms with Gasteiger partial charge in [-0.3, -0.25) is 14.4 Å². The monoisotopic (exact) mass is 374 g/mol. The maximum atomic E-state index is 13.7. The van der Waals surface area contributed by atoms with Crippen LogP contribution < -0.4 is 0 Å². The fraction of sp³-hybridized carbons (Fsp3) is 0.864. The molecular weight excluding hydrogens is 344 g/mol. The van der Waals surface area contributed by atoms with Gasteiger partial charge < -0.3 is 9.47 Å². The summed E-state index contributed by atoms with van der Waals surface area (Å²) in [5.74, 6) is 2.12. The second-order valence-electron chi connectivity index (χ2n) is 9.75. The van der Waals surface area contributed by atoms with Crippen molar-refractivity contribution in [2.24, 2.45) is 52.8 Å². The van der Waals surface area contributed by atoms with Crippen molar-refractivity contribution in [3.63, 3.8) is 0 Å². The van der Waals surface area contributed by atoms with Crippen molar-refractivity contribution in [2.45, 2.75) is 52.4 Å². The molecule has 0 aliphatic heterocycles. The van der Waals surface area contributed by atoms with Gasteiger partial charge >= 0.3 is 11.9 Å². The zero-order valence-electron chi connectivity index (χ0n) is 16.3. The van der Waals surface area contributed by atoms with Gasteiger partial charge in [0.25, 0.3) is 0 Å². The molecule has 5 heteroatoms. The number of esters is 2. The van der Waals surface area contributed by atoms with E-state index < -0.39 is 23.3 Å². The first-order valence-electron chi connectivity index (χ1n) is 10.9. The normalized spacial score (nSPS) is 45.4. The van der Waals surface area contributed by atoms with Gasteiger partial charge in [0, 0.05) is 5.41 Å². The highest BCUT2D eigenvalue weighted by atomic mass is 16.6. The maximum absolute atomic E-state index is 13.7. The van der Waals surface area contributed by atoms with Crippen LogP contribution in [0.1, 0.15) is 52.4 Å². The molecule has 0 spiro atoms. The van der Waals surface area contributed by atoms with Gasteiger partial charge in [0.05, 0.1) is 13.2 Å². The summed E-state index contributed by atoms with van der Waals surface area (Å²) in [6, 6.07) is 0. The van der Waals surface area contributed by atoms with Gasteiger partial charge in [-0.05, 0) is 93.8 Å². The lowest BCUT2D eigenvalue weighted by molar-refractivity contribution is -0.231. The van der Waals surface area contributed by atoms with E-state index in [0.29, 0.717) is 17.8 Å². The molecule has 0 aromatic rings. The molecule has 7 aliphatic carbocycles. The molecule has 0 atom stereocenters. The van der Waals surface area contributed by atoms with Crippen LogP contribution in [0, 0.1) is 52.8 Å². The molecule has 7 fully saturated rings. The van der Waals surface area contributed by atoms with Gasteiger partial charge in [-0.25, -0.2) is 0 Å². The lowest BCUT2D eigenvalue weighted by atomic mass is 9.32. The Morgan fingerprint density at radius 3 is 1.56 bits per heavy atom.